The van der Waals surface area contributed by atoms with Gasteiger partial charge in [0.1, 0.15) is 10.8 Å². The van der Waals surface area contributed by atoms with Crippen LogP contribution in [0.15, 0.2) is 42.5 Å². The number of hydrogen-bond donors (Lipinski definition) is 2. The molecule has 2 N–H and O–H groups in total. The molecule has 0 aliphatic rings. The maximum absolute atomic E-state index is 9.43. The largest absolute Gasteiger partial charge is 0.508 e. The second-order valence-corrected chi connectivity index (χ2v) is 5.03. The summed E-state index contributed by atoms with van der Waals surface area (Å²) in [4.78, 5) is 4.54. The van der Waals surface area contributed by atoms with E-state index in [1.807, 2.05) is 37.4 Å². The number of anilines is 1. The van der Waals surface area contributed by atoms with Crippen LogP contribution in [-0.2, 0) is 0 Å². The first-order valence-corrected chi connectivity index (χ1v) is 6.45. The molecule has 3 nitrogen and oxygen atoms in total. The summed E-state index contributed by atoms with van der Waals surface area (Å²) in [5, 5.41) is 13.5. The van der Waals surface area contributed by atoms with E-state index in [-0.39, 0.29) is 5.75 Å². The maximum Gasteiger partial charge on any atom is 0.124 e. The lowest BCUT2D eigenvalue weighted by Gasteiger charge is -2.00. The molecule has 4 heteroatoms. The van der Waals surface area contributed by atoms with Crippen molar-refractivity contribution in [1.82, 2.24) is 4.98 Å². The van der Waals surface area contributed by atoms with Crippen molar-refractivity contribution in [2.24, 2.45) is 0 Å². The van der Waals surface area contributed by atoms with Gasteiger partial charge in [-0.15, -0.1) is 11.3 Å². The van der Waals surface area contributed by atoms with E-state index < -0.39 is 0 Å². The van der Waals surface area contributed by atoms with Crippen molar-refractivity contribution in [1.29, 1.82) is 0 Å². The van der Waals surface area contributed by atoms with Gasteiger partial charge in [-0.05, 0) is 36.4 Å². The van der Waals surface area contributed by atoms with Gasteiger partial charge in [0.15, 0.2) is 0 Å². The molecule has 0 saturated carbocycles. The summed E-state index contributed by atoms with van der Waals surface area (Å²) in [7, 11) is 1.90. The fraction of sp³-hybridized carbons (Fsp3) is 0.0714. The molecule has 3 aromatic rings. The van der Waals surface area contributed by atoms with E-state index in [0.717, 1.165) is 26.5 Å². The fourth-order valence-electron chi connectivity index (χ4n) is 1.82. The number of phenolic OH excluding ortho intramolecular Hbond substituents is 1. The zero-order valence-corrected chi connectivity index (χ0v) is 10.7. The Labute approximate surface area is 109 Å². The minimum Gasteiger partial charge on any atom is -0.508 e. The molecule has 0 amide bonds. The Bertz CT molecular complexity index is 689. The lowest BCUT2D eigenvalue weighted by atomic mass is 10.2. The number of aromatic nitrogens is 1. The summed E-state index contributed by atoms with van der Waals surface area (Å²) in [6.45, 7) is 0. The third-order valence-corrected chi connectivity index (χ3v) is 3.88. The average Bonchev–Trinajstić information content (AvgIpc) is 2.81. The van der Waals surface area contributed by atoms with Crippen LogP contribution in [0.5, 0.6) is 5.75 Å². The molecule has 0 aliphatic carbocycles. The van der Waals surface area contributed by atoms with E-state index in [9.17, 15) is 5.11 Å². The molecule has 0 unspecified atom stereocenters. The van der Waals surface area contributed by atoms with Crippen LogP contribution in [0.25, 0.3) is 20.8 Å². The number of thiazole rings is 1. The first-order valence-electron chi connectivity index (χ1n) is 5.64. The maximum atomic E-state index is 9.43. The summed E-state index contributed by atoms with van der Waals surface area (Å²) in [5.74, 6) is 0.255. The van der Waals surface area contributed by atoms with E-state index in [0.29, 0.717) is 0 Å². The number of nitrogens with one attached hydrogen (secondary N) is 1. The number of nitrogens with zero attached hydrogens (tertiary/aromatic N) is 1. The molecule has 0 fully saturated rings. The van der Waals surface area contributed by atoms with Crippen LogP contribution in [0.1, 0.15) is 0 Å². The van der Waals surface area contributed by atoms with Crippen LogP contribution in [0, 0.1) is 0 Å². The normalized spacial score (nSPS) is 10.7. The lowest BCUT2D eigenvalue weighted by molar-refractivity contribution is 0.476. The van der Waals surface area contributed by atoms with Gasteiger partial charge >= 0.3 is 0 Å². The van der Waals surface area contributed by atoms with E-state index >= 15 is 0 Å². The van der Waals surface area contributed by atoms with Crippen LogP contribution in [0.4, 0.5) is 5.69 Å². The van der Waals surface area contributed by atoms with Crippen molar-refractivity contribution in [2.45, 2.75) is 0 Å². The molecule has 0 aliphatic heterocycles. The summed E-state index contributed by atoms with van der Waals surface area (Å²) in [5.41, 5.74) is 3.01. The van der Waals surface area contributed by atoms with Gasteiger partial charge in [0.25, 0.3) is 0 Å². The Hall–Kier alpha value is -2.07. The highest BCUT2D eigenvalue weighted by Crippen LogP contribution is 2.32. The summed E-state index contributed by atoms with van der Waals surface area (Å²) >= 11 is 1.63. The average molecular weight is 255 g/mol. The summed E-state index contributed by atoms with van der Waals surface area (Å²) in [6, 6.07) is 13.4. The third kappa shape index (κ3) is 1.91. The quantitative estimate of drug-likeness (QED) is 0.733. The molecular formula is C14H12N2OS. The van der Waals surface area contributed by atoms with Crippen LogP contribution >= 0.6 is 11.3 Å². The minimum atomic E-state index is 0.255. The molecule has 2 aromatic carbocycles. The zero-order valence-electron chi connectivity index (χ0n) is 9.84. The van der Waals surface area contributed by atoms with Gasteiger partial charge < -0.3 is 10.4 Å². The zero-order chi connectivity index (χ0) is 12.5. The SMILES string of the molecule is [11CH3]Nc1ccc(-c2nc3cc(O)ccc3s2)cc1. The summed E-state index contributed by atoms with van der Waals surface area (Å²) in [6.07, 6.45) is 0. The van der Waals surface area contributed by atoms with Gasteiger partial charge in [0.05, 0.1) is 10.2 Å². The molecule has 0 radical (unpaired) electrons. The van der Waals surface area contributed by atoms with Gasteiger partial charge in [-0.1, -0.05) is 0 Å². The van der Waals surface area contributed by atoms with Gasteiger partial charge in [0, 0.05) is 24.4 Å². The van der Waals surface area contributed by atoms with Gasteiger partial charge in [-0.2, -0.15) is 0 Å². The van der Waals surface area contributed by atoms with Crippen molar-refractivity contribution in [2.75, 3.05) is 12.4 Å². The highest BCUT2D eigenvalue weighted by atomic mass is 32.1. The number of phenols is 1. The first kappa shape index (κ1) is 11.0. The Morgan fingerprint density at radius 3 is 2.61 bits per heavy atom. The van der Waals surface area contributed by atoms with Crippen LogP contribution < -0.4 is 5.32 Å². The standard InChI is InChI=1S/C14H12N2OS/c1-15-10-4-2-9(3-5-10)14-16-12-8-11(17)6-7-13(12)18-14/h2-8,15,17H,1H3/i1-1. The number of hydrogen-bond acceptors (Lipinski definition) is 4. The Morgan fingerprint density at radius 2 is 1.89 bits per heavy atom. The highest BCUT2D eigenvalue weighted by molar-refractivity contribution is 7.21. The number of rotatable bonds is 2. The predicted molar refractivity (Wildman–Crippen MR) is 76.3 cm³/mol. The van der Waals surface area contributed by atoms with Gasteiger partial charge in [-0.25, -0.2) is 4.98 Å². The van der Waals surface area contributed by atoms with Crippen molar-refractivity contribution in [3.05, 3.63) is 42.5 Å². The van der Waals surface area contributed by atoms with Crippen molar-refractivity contribution < 1.29 is 5.11 Å². The summed E-state index contributed by atoms with van der Waals surface area (Å²) < 4.78 is 1.08. The van der Waals surface area contributed by atoms with E-state index in [2.05, 4.69) is 10.3 Å². The van der Waals surface area contributed by atoms with E-state index in [1.54, 1.807) is 23.5 Å². The molecule has 0 atom stereocenters. The molecule has 1 aromatic heterocycles. The Kier molecular flexibility index (Phi) is 2.64. The molecule has 0 saturated heterocycles. The van der Waals surface area contributed by atoms with Gasteiger partial charge in [-0.3, -0.25) is 0 Å². The fourth-order valence-corrected chi connectivity index (χ4v) is 2.77. The highest BCUT2D eigenvalue weighted by Gasteiger charge is 2.06. The molecule has 1 heterocycles. The Morgan fingerprint density at radius 1 is 1.11 bits per heavy atom. The lowest BCUT2D eigenvalue weighted by Crippen LogP contribution is -1.86. The van der Waals surface area contributed by atoms with Crippen molar-refractivity contribution in [3.8, 4) is 16.3 Å². The Balaban J connectivity index is 2.07. The first-order chi connectivity index (χ1) is 8.76. The van der Waals surface area contributed by atoms with Crippen LogP contribution in [0.2, 0.25) is 0 Å². The minimum absolute atomic E-state index is 0.255. The van der Waals surface area contributed by atoms with Crippen LogP contribution in [0.3, 0.4) is 0 Å². The molecule has 0 bridgehead atoms. The number of aromatic hydroxyl groups is 1. The molecule has 3 rings (SSSR count). The molecular weight excluding hydrogens is 243 g/mol. The van der Waals surface area contributed by atoms with Crippen molar-refractivity contribution in [3.63, 3.8) is 0 Å². The third-order valence-electron chi connectivity index (χ3n) is 2.79. The smallest absolute Gasteiger partial charge is 0.124 e. The second kappa shape index (κ2) is 4.31. The van der Waals surface area contributed by atoms with Gasteiger partial charge in [0.2, 0.25) is 0 Å². The molecule has 90 valence electrons. The topological polar surface area (TPSA) is 45.2 Å². The monoisotopic (exact) mass is 255 g/mol. The number of benzene rings is 2. The van der Waals surface area contributed by atoms with Crippen molar-refractivity contribution >= 4 is 27.2 Å². The van der Waals surface area contributed by atoms with E-state index in [4.69, 9.17) is 0 Å². The molecule has 0 spiro atoms. The van der Waals surface area contributed by atoms with Crippen LogP contribution in [-0.4, -0.2) is 17.1 Å². The second-order valence-electron chi connectivity index (χ2n) is 4.00. The predicted octanol–water partition coefficient (Wildman–Crippen LogP) is 3.71. The molecule has 18 heavy (non-hydrogen) atoms. The van der Waals surface area contributed by atoms with E-state index in [1.165, 1.54) is 0 Å². The number of fused-ring (bicyclic) bond motifs is 1.